The molecule has 0 saturated carbocycles. The van der Waals surface area contributed by atoms with Gasteiger partial charge in [-0.1, -0.05) is 43.4 Å². The molecular formula is C22H23F7O. The lowest BCUT2D eigenvalue weighted by molar-refractivity contribution is -0.343. The molecule has 0 heterocycles. The third kappa shape index (κ3) is 5.65. The van der Waals surface area contributed by atoms with Gasteiger partial charge in [-0.2, -0.15) is 30.7 Å². The Kier molecular flexibility index (Phi) is 7.92. The number of aldehydes is 1. The van der Waals surface area contributed by atoms with E-state index < -0.39 is 23.6 Å². The normalized spacial score (nSPS) is 19.0. The third-order valence-electron chi connectivity index (χ3n) is 4.89. The molecule has 0 atom stereocenters. The third-order valence-corrected chi connectivity index (χ3v) is 4.89. The minimum Gasteiger partial charge on any atom is -0.299 e. The maximum Gasteiger partial charge on any atom is 0.460 e. The molecule has 0 saturated heterocycles. The smallest absolute Gasteiger partial charge is 0.299 e. The Labute approximate surface area is 171 Å². The molecule has 0 fully saturated rings. The number of rotatable bonds is 5. The van der Waals surface area contributed by atoms with Crippen molar-refractivity contribution < 1.29 is 35.5 Å². The number of hydrogen-bond acceptors (Lipinski definition) is 1. The minimum absolute atomic E-state index is 0.0457. The summed E-state index contributed by atoms with van der Waals surface area (Å²) in [5.74, 6) is -8.47. The van der Waals surface area contributed by atoms with E-state index >= 15 is 0 Å². The number of halogens is 7. The van der Waals surface area contributed by atoms with E-state index in [1.165, 1.54) is 5.57 Å². The summed E-state index contributed by atoms with van der Waals surface area (Å²) < 4.78 is 90.8. The summed E-state index contributed by atoms with van der Waals surface area (Å²) >= 11 is 0. The van der Waals surface area contributed by atoms with Crippen molar-refractivity contribution in [1.29, 1.82) is 0 Å². The van der Waals surface area contributed by atoms with Gasteiger partial charge in [0, 0.05) is 0 Å². The fourth-order valence-corrected chi connectivity index (χ4v) is 3.14. The van der Waals surface area contributed by atoms with E-state index in [2.05, 4.69) is 13.8 Å². The number of hydrogen-bond donors (Lipinski definition) is 0. The van der Waals surface area contributed by atoms with Crippen LogP contribution in [0.25, 0.3) is 0 Å². The number of carbonyl (C=O) groups is 1. The average molecular weight is 436 g/mol. The van der Waals surface area contributed by atoms with Crippen LogP contribution in [0.1, 0.15) is 47.0 Å². The van der Waals surface area contributed by atoms with Gasteiger partial charge in [0.15, 0.2) is 0 Å². The molecule has 1 nitrogen and oxygen atoms in total. The second kappa shape index (κ2) is 9.23. The standard InChI is InChI=1S/C22H23F7O/c1-15(10-11-18-16(2)8-6-13-19(18,3)4)7-5-9-17(12-14-30)20(23,24)21(25,26)22(27,28)29/h7,10-12,14H,6,8,13H2,1-4H3/b11-10+,15-7+,17-12-. The van der Waals surface area contributed by atoms with Gasteiger partial charge < -0.3 is 0 Å². The summed E-state index contributed by atoms with van der Waals surface area (Å²) in [6, 6.07) is 0. The van der Waals surface area contributed by atoms with Gasteiger partial charge in [0.2, 0.25) is 0 Å². The Morgan fingerprint density at radius 1 is 1.10 bits per heavy atom. The average Bonchev–Trinajstić information content (AvgIpc) is 2.58. The minimum atomic E-state index is -6.51. The monoisotopic (exact) mass is 436 g/mol. The number of allylic oxidation sites excluding steroid dienone is 8. The largest absolute Gasteiger partial charge is 0.460 e. The second-order valence-corrected chi connectivity index (χ2v) is 7.79. The van der Waals surface area contributed by atoms with Crippen LogP contribution in [0.3, 0.4) is 0 Å². The molecule has 1 aliphatic rings. The molecular weight excluding hydrogens is 413 g/mol. The molecule has 0 bridgehead atoms. The highest BCUT2D eigenvalue weighted by atomic mass is 19.4. The fourth-order valence-electron chi connectivity index (χ4n) is 3.14. The SMILES string of the molecule is CC1=C(/C=C/C(C)=C/C#C/C(=C/C=O)C(F)(F)C(F)(F)C(F)(F)F)C(C)(C)CCC1. The molecule has 166 valence electrons. The van der Waals surface area contributed by atoms with E-state index in [0.717, 1.165) is 30.9 Å². The van der Waals surface area contributed by atoms with E-state index in [1.807, 2.05) is 18.9 Å². The van der Waals surface area contributed by atoms with Gasteiger partial charge in [-0.15, -0.1) is 0 Å². The summed E-state index contributed by atoms with van der Waals surface area (Å²) in [4.78, 5) is 10.5. The molecule has 1 rings (SSSR count). The van der Waals surface area contributed by atoms with E-state index in [1.54, 1.807) is 18.9 Å². The molecule has 0 aromatic heterocycles. The van der Waals surface area contributed by atoms with Crippen LogP contribution >= 0.6 is 0 Å². The van der Waals surface area contributed by atoms with Crippen molar-refractivity contribution in [2.24, 2.45) is 5.41 Å². The molecule has 0 radical (unpaired) electrons. The van der Waals surface area contributed by atoms with Crippen LogP contribution in [0, 0.1) is 17.3 Å². The molecule has 8 heteroatoms. The van der Waals surface area contributed by atoms with Crippen molar-refractivity contribution in [3.05, 3.63) is 46.6 Å². The van der Waals surface area contributed by atoms with Gasteiger partial charge in [-0.3, -0.25) is 4.79 Å². The summed E-state index contributed by atoms with van der Waals surface area (Å²) in [5, 5.41) is 0. The zero-order valence-electron chi connectivity index (χ0n) is 17.1. The lowest BCUT2D eigenvalue weighted by Crippen LogP contribution is -2.52. The number of alkyl halides is 7. The summed E-state index contributed by atoms with van der Waals surface area (Å²) in [6.45, 7) is 7.77. The zero-order chi connectivity index (χ0) is 23.4. The van der Waals surface area contributed by atoms with Crippen molar-refractivity contribution in [2.75, 3.05) is 0 Å². The maximum atomic E-state index is 13.8. The molecule has 0 aliphatic heterocycles. The highest BCUT2D eigenvalue weighted by Crippen LogP contribution is 2.49. The Morgan fingerprint density at radius 3 is 2.20 bits per heavy atom. The zero-order valence-corrected chi connectivity index (χ0v) is 17.1. The lowest BCUT2D eigenvalue weighted by Gasteiger charge is -2.32. The molecule has 0 aromatic rings. The van der Waals surface area contributed by atoms with Crippen LogP contribution in [-0.4, -0.2) is 24.3 Å². The molecule has 0 N–H and O–H groups in total. The first-order chi connectivity index (χ1) is 13.6. The van der Waals surface area contributed by atoms with Crippen molar-refractivity contribution in [3.63, 3.8) is 0 Å². The van der Waals surface area contributed by atoms with Crippen LogP contribution in [0.4, 0.5) is 30.7 Å². The van der Waals surface area contributed by atoms with Gasteiger partial charge in [-0.25, -0.2) is 0 Å². The van der Waals surface area contributed by atoms with Crippen LogP contribution in [0.5, 0.6) is 0 Å². The lowest BCUT2D eigenvalue weighted by atomic mass is 9.72. The maximum absolute atomic E-state index is 13.8. The Morgan fingerprint density at radius 2 is 1.70 bits per heavy atom. The molecule has 0 aromatic carbocycles. The van der Waals surface area contributed by atoms with E-state index in [-0.39, 0.29) is 17.8 Å². The van der Waals surface area contributed by atoms with E-state index in [0.29, 0.717) is 5.57 Å². The number of carbonyl (C=O) groups excluding carboxylic acids is 1. The van der Waals surface area contributed by atoms with Crippen molar-refractivity contribution >= 4 is 6.29 Å². The molecule has 1 aliphatic carbocycles. The Bertz CT molecular complexity index is 841. The predicted octanol–water partition coefficient (Wildman–Crippen LogP) is 6.98. The summed E-state index contributed by atoms with van der Waals surface area (Å²) in [7, 11) is 0. The fraction of sp³-hybridized carbons (Fsp3) is 0.500. The summed E-state index contributed by atoms with van der Waals surface area (Å²) in [5.41, 5.74) is 0.843. The van der Waals surface area contributed by atoms with Crippen LogP contribution in [-0.2, 0) is 4.79 Å². The van der Waals surface area contributed by atoms with Gasteiger partial charge >= 0.3 is 18.0 Å². The van der Waals surface area contributed by atoms with Gasteiger partial charge in [-0.05, 0) is 61.8 Å². The topological polar surface area (TPSA) is 17.1 Å². The van der Waals surface area contributed by atoms with E-state index in [4.69, 9.17) is 0 Å². The Balaban J connectivity index is 3.17. The molecule has 0 spiro atoms. The van der Waals surface area contributed by atoms with Gasteiger partial charge in [0.25, 0.3) is 0 Å². The van der Waals surface area contributed by atoms with Gasteiger partial charge in [0.05, 0.1) is 5.57 Å². The van der Waals surface area contributed by atoms with Crippen LogP contribution in [0.2, 0.25) is 0 Å². The van der Waals surface area contributed by atoms with Crippen molar-refractivity contribution in [2.45, 2.75) is 65.0 Å². The first-order valence-electron chi connectivity index (χ1n) is 9.13. The molecule has 0 unspecified atom stereocenters. The second-order valence-electron chi connectivity index (χ2n) is 7.79. The highest BCUT2D eigenvalue weighted by molar-refractivity contribution is 5.69. The van der Waals surface area contributed by atoms with Crippen molar-refractivity contribution in [3.8, 4) is 11.8 Å². The molecule has 30 heavy (non-hydrogen) atoms. The van der Waals surface area contributed by atoms with E-state index in [9.17, 15) is 35.5 Å². The predicted molar refractivity (Wildman–Crippen MR) is 101 cm³/mol. The quantitative estimate of drug-likeness (QED) is 0.149. The first-order valence-corrected chi connectivity index (χ1v) is 9.13. The van der Waals surface area contributed by atoms with Crippen LogP contribution in [0.15, 0.2) is 46.6 Å². The van der Waals surface area contributed by atoms with Crippen LogP contribution < -0.4 is 0 Å². The Hall–Kier alpha value is -2.30. The van der Waals surface area contributed by atoms with Gasteiger partial charge in [0.1, 0.15) is 6.29 Å². The van der Waals surface area contributed by atoms with Crippen molar-refractivity contribution in [1.82, 2.24) is 0 Å². The molecule has 0 amide bonds. The highest BCUT2D eigenvalue weighted by Gasteiger charge is 2.74. The first kappa shape index (κ1) is 25.7. The summed E-state index contributed by atoms with van der Waals surface area (Å²) in [6.07, 6.45) is 0.714.